The Morgan fingerprint density at radius 1 is 1.21 bits per heavy atom. The maximum absolute atomic E-state index is 13.1. The number of nitrogens with two attached hydrogens (primary N) is 1. The average Bonchev–Trinajstić information content (AvgIpc) is 2.35. The summed E-state index contributed by atoms with van der Waals surface area (Å²) in [5.41, 5.74) is 5.78. The first-order valence-electron chi connectivity index (χ1n) is 6.14. The van der Waals surface area contributed by atoms with Crippen LogP contribution in [0.5, 0.6) is 0 Å². The summed E-state index contributed by atoms with van der Waals surface area (Å²) < 4.78 is 13.1. The Morgan fingerprint density at radius 2 is 1.95 bits per heavy atom. The van der Waals surface area contributed by atoms with Gasteiger partial charge < -0.3 is 16.4 Å². The number of anilines is 1. The van der Waals surface area contributed by atoms with Gasteiger partial charge in [0, 0.05) is 30.8 Å². The minimum atomic E-state index is -0.564. The molecule has 5 nitrogen and oxygen atoms in total. The molecular weight excluding hydrogens is 249 g/mol. The number of benzene rings is 1. The van der Waals surface area contributed by atoms with Crippen LogP contribution < -0.4 is 16.4 Å². The van der Waals surface area contributed by atoms with Crippen LogP contribution in [-0.2, 0) is 4.79 Å². The van der Waals surface area contributed by atoms with E-state index in [1.165, 1.54) is 6.07 Å². The average molecular weight is 267 g/mol. The van der Waals surface area contributed by atoms with Crippen molar-refractivity contribution in [3.63, 3.8) is 0 Å². The summed E-state index contributed by atoms with van der Waals surface area (Å²) in [6, 6.07) is 3.62. The van der Waals surface area contributed by atoms with Crippen molar-refractivity contribution in [2.24, 2.45) is 0 Å². The summed E-state index contributed by atoms with van der Waals surface area (Å²) >= 11 is 0. The summed E-state index contributed by atoms with van der Waals surface area (Å²) in [5, 5.41) is 5.23. The number of carbonyl (C=O) groups is 2. The number of carbonyl (C=O) groups excluding carboxylic acids is 2. The second kappa shape index (κ2) is 7.35. The minimum Gasteiger partial charge on any atom is -0.399 e. The molecule has 2 amide bonds. The van der Waals surface area contributed by atoms with E-state index in [-0.39, 0.29) is 30.1 Å². The monoisotopic (exact) mass is 267 g/mol. The normalized spacial score (nSPS) is 10.0. The van der Waals surface area contributed by atoms with Gasteiger partial charge in [0.15, 0.2) is 0 Å². The fourth-order valence-electron chi connectivity index (χ4n) is 1.49. The van der Waals surface area contributed by atoms with Crippen LogP contribution in [0, 0.1) is 5.82 Å². The fourth-order valence-corrected chi connectivity index (χ4v) is 1.49. The Hall–Kier alpha value is -2.11. The van der Waals surface area contributed by atoms with Gasteiger partial charge in [0.05, 0.1) is 0 Å². The van der Waals surface area contributed by atoms with E-state index in [9.17, 15) is 14.0 Å². The number of nitrogens with one attached hydrogen (secondary N) is 2. The van der Waals surface area contributed by atoms with E-state index in [1.54, 1.807) is 0 Å². The van der Waals surface area contributed by atoms with E-state index < -0.39 is 11.7 Å². The smallest absolute Gasteiger partial charge is 0.251 e. The predicted octanol–water partition coefficient (Wildman–Crippen LogP) is 1.05. The first kappa shape index (κ1) is 14.9. The lowest BCUT2D eigenvalue weighted by atomic mass is 10.2. The highest BCUT2D eigenvalue weighted by atomic mass is 19.1. The molecule has 0 heterocycles. The van der Waals surface area contributed by atoms with Gasteiger partial charge in [-0.15, -0.1) is 0 Å². The lowest BCUT2D eigenvalue weighted by molar-refractivity contribution is -0.120. The highest BCUT2D eigenvalue weighted by Crippen LogP contribution is 2.10. The van der Waals surface area contributed by atoms with E-state index >= 15 is 0 Å². The van der Waals surface area contributed by atoms with Gasteiger partial charge in [-0.05, 0) is 24.6 Å². The van der Waals surface area contributed by atoms with E-state index in [1.807, 2.05) is 6.92 Å². The van der Waals surface area contributed by atoms with Crippen LogP contribution in [0.1, 0.15) is 30.1 Å². The zero-order valence-corrected chi connectivity index (χ0v) is 10.8. The van der Waals surface area contributed by atoms with Crippen molar-refractivity contribution in [2.75, 3.05) is 18.8 Å². The predicted molar refractivity (Wildman–Crippen MR) is 71.1 cm³/mol. The number of amides is 2. The quantitative estimate of drug-likeness (QED) is 0.674. The highest BCUT2D eigenvalue weighted by molar-refractivity contribution is 5.95. The Morgan fingerprint density at radius 3 is 2.58 bits per heavy atom. The first-order chi connectivity index (χ1) is 9.02. The maximum atomic E-state index is 13.1. The number of nitrogen functional groups attached to an aromatic ring is 1. The van der Waals surface area contributed by atoms with Crippen molar-refractivity contribution in [3.8, 4) is 0 Å². The third-order valence-corrected chi connectivity index (χ3v) is 2.39. The van der Waals surface area contributed by atoms with Crippen LogP contribution in [-0.4, -0.2) is 24.9 Å². The van der Waals surface area contributed by atoms with Crippen molar-refractivity contribution < 1.29 is 14.0 Å². The largest absolute Gasteiger partial charge is 0.399 e. The molecular formula is C13H18FN3O2. The van der Waals surface area contributed by atoms with Gasteiger partial charge in [-0.2, -0.15) is 0 Å². The molecule has 0 aliphatic rings. The molecule has 1 rings (SSSR count). The number of hydrogen-bond donors (Lipinski definition) is 3. The third kappa shape index (κ3) is 5.37. The van der Waals surface area contributed by atoms with Crippen LogP contribution in [0.4, 0.5) is 10.1 Å². The molecule has 1 aromatic carbocycles. The number of halogens is 1. The van der Waals surface area contributed by atoms with Gasteiger partial charge in [-0.25, -0.2) is 4.39 Å². The lowest BCUT2D eigenvalue weighted by Gasteiger charge is -2.06. The van der Waals surface area contributed by atoms with Gasteiger partial charge in [0.25, 0.3) is 5.91 Å². The molecule has 0 aliphatic carbocycles. The molecule has 19 heavy (non-hydrogen) atoms. The minimum absolute atomic E-state index is 0.124. The number of rotatable bonds is 6. The van der Waals surface area contributed by atoms with Crippen LogP contribution in [0.25, 0.3) is 0 Å². The Labute approximate surface area is 111 Å². The molecule has 0 radical (unpaired) electrons. The van der Waals surface area contributed by atoms with Crippen molar-refractivity contribution >= 4 is 17.5 Å². The zero-order chi connectivity index (χ0) is 14.3. The molecule has 0 aliphatic heterocycles. The molecule has 4 N–H and O–H groups in total. The molecule has 0 bridgehead atoms. The second-order valence-corrected chi connectivity index (χ2v) is 4.13. The van der Waals surface area contributed by atoms with Gasteiger partial charge in [-0.3, -0.25) is 9.59 Å². The van der Waals surface area contributed by atoms with Crippen molar-refractivity contribution in [3.05, 3.63) is 29.6 Å². The number of hydrogen-bond acceptors (Lipinski definition) is 3. The van der Waals surface area contributed by atoms with Gasteiger partial charge in [-0.1, -0.05) is 6.92 Å². The Balaban J connectivity index is 2.41. The molecule has 0 fully saturated rings. The summed E-state index contributed by atoms with van der Waals surface area (Å²) in [4.78, 5) is 23.0. The topological polar surface area (TPSA) is 84.2 Å². The molecule has 0 aromatic heterocycles. The van der Waals surface area contributed by atoms with Crippen molar-refractivity contribution in [1.82, 2.24) is 10.6 Å². The fraction of sp³-hybridized carbons (Fsp3) is 0.385. The summed E-state index contributed by atoms with van der Waals surface area (Å²) in [6.07, 6.45) is 1.05. The highest BCUT2D eigenvalue weighted by Gasteiger charge is 2.08. The van der Waals surface area contributed by atoms with E-state index in [0.29, 0.717) is 6.54 Å². The van der Waals surface area contributed by atoms with Crippen LogP contribution in [0.3, 0.4) is 0 Å². The maximum Gasteiger partial charge on any atom is 0.251 e. The summed E-state index contributed by atoms with van der Waals surface area (Å²) in [7, 11) is 0. The van der Waals surface area contributed by atoms with E-state index in [0.717, 1.165) is 18.6 Å². The first-order valence-corrected chi connectivity index (χ1v) is 6.14. The molecule has 0 saturated carbocycles. The third-order valence-electron chi connectivity index (χ3n) is 2.39. The molecule has 0 atom stereocenters. The summed E-state index contributed by atoms with van der Waals surface area (Å²) in [5.74, 6) is -1.14. The molecule has 0 unspecified atom stereocenters. The van der Waals surface area contributed by atoms with Gasteiger partial charge in [0.2, 0.25) is 5.91 Å². The molecule has 0 spiro atoms. The van der Waals surface area contributed by atoms with Gasteiger partial charge >= 0.3 is 0 Å². The van der Waals surface area contributed by atoms with E-state index in [4.69, 9.17) is 5.73 Å². The SMILES string of the molecule is CCCNC(=O)CCNC(=O)c1cc(N)cc(F)c1. The Kier molecular flexibility index (Phi) is 5.78. The van der Waals surface area contributed by atoms with Crippen LogP contribution >= 0.6 is 0 Å². The standard InChI is InChI=1S/C13H18FN3O2/c1-2-4-16-12(18)3-5-17-13(19)9-6-10(14)8-11(15)7-9/h6-8H,2-5,15H2,1H3,(H,16,18)(H,17,19). The molecule has 0 saturated heterocycles. The zero-order valence-electron chi connectivity index (χ0n) is 10.8. The second-order valence-electron chi connectivity index (χ2n) is 4.13. The molecule has 1 aromatic rings. The van der Waals surface area contributed by atoms with Gasteiger partial charge in [0.1, 0.15) is 5.82 Å². The Bertz CT molecular complexity index is 443. The van der Waals surface area contributed by atoms with Crippen molar-refractivity contribution in [2.45, 2.75) is 19.8 Å². The summed E-state index contributed by atoms with van der Waals surface area (Å²) in [6.45, 7) is 2.77. The van der Waals surface area contributed by atoms with Crippen LogP contribution in [0.15, 0.2) is 18.2 Å². The van der Waals surface area contributed by atoms with E-state index in [2.05, 4.69) is 10.6 Å². The van der Waals surface area contributed by atoms with Crippen molar-refractivity contribution in [1.29, 1.82) is 0 Å². The van der Waals surface area contributed by atoms with Crippen LogP contribution in [0.2, 0.25) is 0 Å². The molecule has 6 heteroatoms. The molecule has 104 valence electrons. The lowest BCUT2D eigenvalue weighted by Crippen LogP contribution is -2.31.